The van der Waals surface area contributed by atoms with Crippen molar-refractivity contribution in [3.05, 3.63) is 35.0 Å². The van der Waals surface area contributed by atoms with Crippen LogP contribution in [0.25, 0.3) is 10.9 Å². The molecular formula is C15H19N3. The minimum atomic E-state index is 0.561. The van der Waals surface area contributed by atoms with Crippen LogP contribution >= 0.6 is 0 Å². The molecule has 94 valence electrons. The molecule has 1 aromatic heterocycles. The molecule has 0 atom stereocenters. The number of aromatic amines is 1. The lowest BCUT2D eigenvalue weighted by atomic mass is 9.92. The molecule has 0 saturated carbocycles. The molecule has 0 unspecified atom stereocenters. The fraction of sp³-hybridized carbons (Fsp3) is 0.400. The van der Waals surface area contributed by atoms with Crippen LogP contribution in [0.2, 0.25) is 0 Å². The normalized spacial score (nSPS) is 17.6. The lowest BCUT2D eigenvalue weighted by molar-refractivity contribution is 0.836. The van der Waals surface area contributed by atoms with Crippen molar-refractivity contribution in [1.29, 1.82) is 0 Å². The Balaban J connectivity index is 2.24. The van der Waals surface area contributed by atoms with Gasteiger partial charge in [-0.05, 0) is 48.4 Å². The summed E-state index contributed by atoms with van der Waals surface area (Å²) in [5, 5.41) is 5.27. The molecule has 2 aromatic rings. The summed E-state index contributed by atoms with van der Waals surface area (Å²) < 4.78 is 0. The van der Waals surface area contributed by atoms with Gasteiger partial charge in [-0.15, -0.1) is 0 Å². The lowest BCUT2D eigenvalue weighted by Crippen LogP contribution is -2.12. The molecule has 3 rings (SSSR count). The molecule has 1 aliphatic rings. The van der Waals surface area contributed by atoms with Crippen LogP contribution in [-0.2, 0) is 6.42 Å². The standard InChI is InChI=1S/C15H19N3/c1-9(2)10-6-7-13-12(8-10)11-4-3-5-14(18-16)15(11)17-13/h6-9,17H,3-5,16H2,1-2H3. The molecule has 0 saturated heterocycles. The number of H-pyrrole nitrogens is 1. The Morgan fingerprint density at radius 1 is 1.28 bits per heavy atom. The van der Waals surface area contributed by atoms with E-state index < -0.39 is 0 Å². The molecule has 0 fully saturated rings. The van der Waals surface area contributed by atoms with Crippen LogP contribution in [0.3, 0.4) is 0 Å². The Bertz CT molecular complexity index is 620. The van der Waals surface area contributed by atoms with Gasteiger partial charge in [0.1, 0.15) is 0 Å². The summed E-state index contributed by atoms with van der Waals surface area (Å²) in [4.78, 5) is 3.47. The van der Waals surface area contributed by atoms with E-state index >= 15 is 0 Å². The van der Waals surface area contributed by atoms with Crippen molar-refractivity contribution in [1.82, 2.24) is 4.98 Å². The van der Waals surface area contributed by atoms with Gasteiger partial charge in [0.2, 0.25) is 0 Å². The molecule has 18 heavy (non-hydrogen) atoms. The van der Waals surface area contributed by atoms with Crippen LogP contribution in [0.5, 0.6) is 0 Å². The highest BCUT2D eigenvalue weighted by Crippen LogP contribution is 2.31. The first kappa shape index (κ1) is 11.3. The van der Waals surface area contributed by atoms with E-state index in [2.05, 4.69) is 42.1 Å². The average molecular weight is 241 g/mol. The molecule has 0 aliphatic heterocycles. The molecule has 3 nitrogen and oxygen atoms in total. The molecule has 0 spiro atoms. The summed E-state index contributed by atoms with van der Waals surface area (Å²) in [5.74, 6) is 6.05. The van der Waals surface area contributed by atoms with E-state index in [4.69, 9.17) is 5.84 Å². The van der Waals surface area contributed by atoms with Crippen LogP contribution in [0.15, 0.2) is 23.3 Å². The van der Waals surface area contributed by atoms with Crippen molar-refractivity contribution in [3.63, 3.8) is 0 Å². The number of fused-ring (bicyclic) bond motifs is 3. The Labute approximate surface area is 107 Å². The molecule has 3 heteroatoms. The van der Waals surface area contributed by atoms with Gasteiger partial charge in [0.15, 0.2) is 0 Å². The number of hydrazone groups is 1. The van der Waals surface area contributed by atoms with E-state index in [0.717, 1.165) is 30.7 Å². The zero-order valence-electron chi connectivity index (χ0n) is 11.0. The number of nitrogens with one attached hydrogen (secondary N) is 1. The van der Waals surface area contributed by atoms with Crippen molar-refractivity contribution in [2.75, 3.05) is 0 Å². The third-order valence-electron chi connectivity index (χ3n) is 3.88. The topological polar surface area (TPSA) is 54.2 Å². The van der Waals surface area contributed by atoms with Crippen molar-refractivity contribution in [2.45, 2.75) is 39.0 Å². The SMILES string of the molecule is CC(C)c1ccc2[nH]c3c(c2c1)CCCC3=NN. The Morgan fingerprint density at radius 2 is 2.11 bits per heavy atom. The van der Waals surface area contributed by atoms with E-state index in [1.807, 2.05) is 0 Å². The summed E-state index contributed by atoms with van der Waals surface area (Å²) in [7, 11) is 0. The number of nitrogens with two attached hydrogens (primary N) is 1. The third kappa shape index (κ3) is 1.62. The van der Waals surface area contributed by atoms with Gasteiger partial charge < -0.3 is 10.8 Å². The second kappa shape index (κ2) is 4.16. The monoisotopic (exact) mass is 241 g/mol. The van der Waals surface area contributed by atoms with Gasteiger partial charge in [0.25, 0.3) is 0 Å². The highest BCUT2D eigenvalue weighted by molar-refractivity contribution is 6.06. The van der Waals surface area contributed by atoms with Crippen LogP contribution in [0, 0.1) is 0 Å². The minimum absolute atomic E-state index is 0.561. The number of aryl methyl sites for hydroxylation is 1. The van der Waals surface area contributed by atoms with Crippen molar-refractivity contribution in [2.24, 2.45) is 10.9 Å². The summed E-state index contributed by atoms with van der Waals surface area (Å²) in [6, 6.07) is 6.69. The Kier molecular flexibility index (Phi) is 2.62. The predicted molar refractivity (Wildman–Crippen MR) is 76.1 cm³/mol. The number of benzene rings is 1. The fourth-order valence-electron chi connectivity index (χ4n) is 2.82. The summed E-state index contributed by atoms with van der Waals surface area (Å²) >= 11 is 0. The van der Waals surface area contributed by atoms with Gasteiger partial charge in [-0.3, -0.25) is 0 Å². The number of aromatic nitrogens is 1. The average Bonchev–Trinajstić information content (AvgIpc) is 2.76. The molecular weight excluding hydrogens is 222 g/mol. The second-order valence-electron chi connectivity index (χ2n) is 5.37. The fourth-order valence-corrected chi connectivity index (χ4v) is 2.82. The smallest absolute Gasteiger partial charge is 0.0837 e. The molecule has 3 N–H and O–H groups in total. The van der Waals surface area contributed by atoms with E-state index in [9.17, 15) is 0 Å². The second-order valence-corrected chi connectivity index (χ2v) is 5.37. The summed E-state index contributed by atoms with van der Waals surface area (Å²) in [6.45, 7) is 4.46. The van der Waals surface area contributed by atoms with Crippen molar-refractivity contribution < 1.29 is 0 Å². The number of nitrogens with zero attached hydrogens (tertiary/aromatic N) is 1. The van der Waals surface area contributed by atoms with Gasteiger partial charge in [-0.1, -0.05) is 19.9 Å². The van der Waals surface area contributed by atoms with Crippen LogP contribution in [0.1, 0.15) is 49.4 Å². The van der Waals surface area contributed by atoms with Gasteiger partial charge in [0.05, 0.1) is 11.4 Å². The predicted octanol–water partition coefficient (Wildman–Crippen LogP) is 3.29. The zero-order valence-corrected chi connectivity index (χ0v) is 11.0. The highest BCUT2D eigenvalue weighted by Gasteiger charge is 2.20. The number of hydrogen-bond donors (Lipinski definition) is 2. The van der Waals surface area contributed by atoms with Gasteiger partial charge in [-0.25, -0.2) is 0 Å². The van der Waals surface area contributed by atoms with Crippen LogP contribution in [-0.4, -0.2) is 10.7 Å². The Morgan fingerprint density at radius 3 is 2.83 bits per heavy atom. The van der Waals surface area contributed by atoms with E-state index in [1.54, 1.807) is 0 Å². The Hall–Kier alpha value is -1.77. The van der Waals surface area contributed by atoms with Crippen LogP contribution in [0.4, 0.5) is 0 Å². The van der Waals surface area contributed by atoms with Gasteiger partial charge in [-0.2, -0.15) is 5.10 Å². The molecule has 1 aromatic carbocycles. The highest BCUT2D eigenvalue weighted by atomic mass is 15.1. The van der Waals surface area contributed by atoms with Gasteiger partial charge in [0, 0.05) is 10.9 Å². The van der Waals surface area contributed by atoms with E-state index in [1.165, 1.54) is 22.0 Å². The first-order valence-electron chi connectivity index (χ1n) is 6.62. The number of hydrogen-bond acceptors (Lipinski definition) is 2. The molecule has 0 radical (unpaired) electrons. The zero-order chi connectivity index (χ0) is 12.7. The van der Waals surface area contributed by atoms with Gasteiger partial charge >= 0.3 is 0 Å². The first-order chi connectivity index (χ1) is 8.70. The quantitative estimate of drug-likeness (QED) is 0.584. The molecule has 1 heterocycles. The minimum Gasteiger partial charge on any atom is -0.353 e. The van der Waals surface area contributed by atoms with Crippen molar-refractivity contribution in [3.8, 4) is 0 Å². The maximum absolute atomic E-state index is 5.49. The molecule has 0 bridgehead atoms. The third-order valence-corrected chi connectivity index (χ3v) is 3.88. The summed E-state index contributed by atoms with van der Waals surface area (Å²) in [5.41, 5.74) is 6.15. The lowest BCUT2D eigenvalue weighted by Gasteiger charge is -2.13. The van der Waals surface area contributed by atoms with E-state index in [-0.39, 0.29) is 0 Å². The van der Waals surface area contributed by atoms with E-state index in [0.29, 0.717) is 5.92 Å². The maximum atomic E-state index is 5.49. The largest absolute Gasteiger partial charge is 0.353 e. The maximum Gasteiger partial charge on any atom is 0.0837 e. The summed E-state index contributed by atoms with van der Waals surface area (Å²) in [6.07, 6.45) is 3.24. The first-order valence-corrected chi connectivity index (χ1v) is 6.62. The van der Waals surface area contributed by atoms with Crippen LogP contribution < -0.4 is 5.84 Å². The molecule has 1 aliphatic carbocycles. The number of rotatable bonds is 1. The van der Waals surface area contributed by atoms with Crippen molar-refractivity contribution >= 4 is 16.6 Å². The molecule has 0 amide bonds.